The van der Waals surface area contributed by atoms with E-state index in [1.807, 2.05) is 0 Å². The summed E-state index contributed by atoms with van der Waals surface area (Å²) in [6.07, 6.45) is 3.82. The molecule has 17 heavy (non-hydrogen) atoms. The molecule has 0 radical (unpaired) electrons. The number of rotatable bonds is 3. The Labute approximate surface area is 99.7 Å². The van der Waals surface area contributed by atoms with E-state index < -0.39 is 10.5 Å². The monoisotopic (exact) mass is 236 g/mol. The Morgan fingerprint density at radius 1 is 1.41 bits per heavy atom. The lowest BCUT2D eigenvalue weighted by Crippen LogP contribution is -2.33. The third-order valence-corrected chi connectivity index (χ3v) is 3.43. The maximum atomic E-state index is 10.8. The van der Waals surface area contributed by atoms with E-state index in [-0.39, 0.29) is 5.69 Å². The van der Waals surface area contributed by atoms with E-state index in [0.29, 0.717) is 5.75 Å². The molecule has 5 nitrogen and oxygen atoms in total. The maximum Gasteiger partial charge on any atom is 0.270 e. The van der Waals surface area contributed by atoms with Crippen molar-refractivity contribution in [1.82, 2.24) is 0 Å². The molecule has 1 aliphatic carbocycles. The fourth-order valence-electron chi connectivity index (χ4n) is 2.47. The van der Waals surface area contributed by atoms with Crippen LogP contribution in [-0.2, 0) is 5.54 Å². The van der Waals surface area contributed by atoms with Crippen LogP contribution in [0.4, 0.5) is 5.69 Å². The molecule has 0 saturated heterocycles. The third kappa shape index (κ3) is 2.10. The molecule has 2 rings (SSSR count). The van der Waals surface area contributed by atoms with Crippen LogP contribution >= 0.6 is 0 Å². The van der Waals surface area contributed by atoms with Crippen LogP contribution in [0, 0.1) is 10.1 Å². The quantitative estimate of drug-likeness (QED) is 0.645. The predicted octanol–water partition coefficient (Wildman–Crippen LogP) is 2.33. The van der Waals surface area contributed by atoms with Crippen LogP contribution < -0.4 is 10.5 Å². The Morgan fingerprint density at radius 2 is 2.06 bits per heavy atom. The molecule has 0 aliphatic heterocycles. The van der Waals surface area contributed by atoms with E-state index in [4.69, 9.17) is 10.5 Å². The zero-order chi connectivity index (χ0) is 12.5. The van der Waals surface area contributed by atoms with E-state index in [1.165, 1.54) is 6.07 Å². The smallest absolute Gasteiger partial charge is 0.270 e. The number of nitrogens with zero attached hydrogens (tertiary/aromatic N) is 1. The number of nitro benzene ring substituents is 1. The third-order valence-electron chi connectivity index (χ3n) is 3.43. The normalized spacial score (nSPS) is 18.0. The average Bonchev–Trinajstić information content (AvgIpc) is 2.76. The minimum Gasteiger partial charge on any atom is -0.496 e. The summed E-state index contributed by atoms with van der Waals surface area (Å²) < 4.78 is 5.26. The molecule has 5 heteroatoms. The summed E-state index contributed by atoms with van der Waals surface area (Å²) in [6, 6.07) is 4.62. The first-order chi connectivity index (χ1) is 8.07. The van der Waals surface area contributed by atoms with Gasteiger partial charge in [0.15, 0.2) is 0 Å². The van der Waals surface area contributed by atoms with Crippen molar-refractivity contribution in [3.05, 3.63) is 33.9 Å². The number of hydrogen-bond donors (Lipinski definition) is 1. The topological polar surface area (TPSA) is 78.4 Å². The van der Waals surface area contributed by atoms with Crippen molar-refractivity contribution in [2.75, 3.05) is 7.11 Å². The number of nitro groups is 1. The molecule has 0 atom stereocenters. The summed E-state index contributed by atoms with van der Waals surface area (Å²) in [7, 11) is 1.56. The Kier molecular flexibility index (Phi) is 3.02. The summed E-state index contributed by atoms with van der Waals surface area (Å²) in [4.78, 5) is 10.4. The molecule has 1 saturated carbocycles. The zero-order valence-corrected chi connectivity index (χ0v) is 9.81. The number of ether oxygens (including phenoxy) is 1. The minimum atomic E-state index is -0.475. The number of benzene rings is 1. The summed E-state index contributed by atoms with van der Waals surface area (Å²) in [5.41, 5.74) is 6.67. The average molecular weight is 236 g/mol. The first kappa shape index (κ1) is 11.9. The van der Waals surface area contributed by atoms with Gasteiger partial charge in [-0.25, -0.2) is 0 Å². The standard InChI is InChI=1S/C12H16N2O3/c1-17-11-5-4-9(14(15)16)8-10(11)12(13)6-2-3-7-12/h4-5,8H,2-3,6-7,13H2,1H3. The van der Waals surface area contributed by atoms with Gasteiger partial charge in [-0.15, -0.1) is 0 Å². The molecule has 1 aromatic carbocycles. The Hall–Kier alpha value is -1.62. The molecule has 0 heterocycles. The molecule has 1 fully saturated rings. The second-order valence-electron chi connectivity index (χ2n) is 4.50. The highest BCUT2D eigenvalue weighted by Gasteiger charge is 2.34. The van der Waals surface area contributed by atoms with E-state index in [0.717, 1.165) is 31.2 Å². The van der Waals surface area contributed by atoms with Crippen LogP contribution in [-0.4, -0.2) is 12.0 Å². The Morgan fingerprint density at radius 3 is 2.59 bits per heavy atom. The van der Waals surface area contributed by atoms with Gasteiger partial charge in [-0.1, -0.05) is 12.8 Å². The molecule has 2 N–H and O–H groups in total. The molecule has 1 aliphatic rings. The van der Waals surface area contributed by atoms with Crippen molar-refractivity contribution in [3.63, 3.8) is 0 Å². The van der Waals surface area contributed by atoms with Crippen LogP contribution in [0.5, 0.6) is 5.75 Å². The molecule has 0 spiro atoms. The largest absolute Gasteiger partial charge is 0.496 e. The number of methoxy groups -OCH3 is 1. The van der Waals surface area contributed by atoms with Crippen LogP contribution in [0.3, 0.4) is 0 Å². The fraction of sp³-hybridized carbons (Fsp3) is 0.500. The van der Waals surface area contributed by atoms with Crippen LogP contribution in [0.25, 0.3) is 0 Å². The first-order valence-corrected chi connectivity index (χ1v) is 5.68. The van der Waals surface area contributed by atoms with Gasteiger partial charge in [0.1, 0.15) is 5.75 Å². The molecule has 0 bridgehead atoms. The minimum absolute atomic E-state index is 0.0672. The van der Waals surface area contributed by atoms with E-state index in [9.17, 15) is 10.1 Å². The van der Waals surface area contributed by atoms with Crippen molar-refractivity contribution in [2.45, 2.75) is 31.2 Å². The van der Waals surface area contributed by atoms with Crippen molar-refractivity contribution in [1.29, 1.82) is 0 Å². The van der Waals surface area contributed by atoms with Crippen molar-refractivity contribution in [3.8, 4) is 5.75 Å². The fourth-order valence-corrected chi connectivity index (χ4v) is 2.47. The van der Waals surface area contributed by atoms with Gasteiger partial charge in [-0.2, -0.15) is 0 Å². The van der Waals surface area contributed by atoms with Gasteiger partial charge >= 0.3 is 0 Å². The summed E-state index contributed by atoms with van der Waals surface area (Å²) >= 11 is 0. The molecule has 0 aromatic heterocycles. The lowest BCUT2D eigenvalue weighted by molar-refractivity contribution is -0.385. The molecular formula is C12H16N2O3. The molecule has 92 valence electrons. The molecule has 1 aromatic rings. The van der Waals surface area contributed by atoms with Gasteiger partial charge in [-0.05, 0) is 18.9 Å². The van der Waals surface area contributed by atoms with Gasteiger partial charge in [0, 0.05) is 23.2 Å². The highest BCUT2D eigenvalue weighted by atomic mass is 16.6. The summed E-state index contributed by atoms with van der Waals surface area (Å²) in [5.74, 6) is 0.639. The number of hydrogen-bond acceptors (Lipinski definition) is 4. The van der Waals surface area contributed by atoms with E-state index in [1.54, 1.807) is 19.2 Å². The second kappa shape index (κ2) is 4.33. The van der Waals surface area contributed by atoms with Crippen LogP contribution in [0.2, 0.25) is 0 Å². The molecule has 0 unspecified atom stereocenters. The van der Waals surface area contributed by atoms with Gasteiger partial charge in [-0.3, -0.25) is 10.1 Å². The van der Waals surface area contributed by atoms with Crippen LogP contribution in [0.15, 0.2) is 18.2 Å². The van der Waals surface area contributed by atoms with Crippen molar-refractivity contribution in [2.24, 2.45) is 5.73 Å². The van der Waals surface area contributed by atoms with Gasteiger partial charge in [0.25, 0.3) is 5.69 Å². The van der Waals surface area contributed by atoms with Gasteiger partial charge < -0.3 is 10.5 Å². The lowest BCUT2D eigenvalue weighted by Gasteiger charge is -2.25. The van der Waals surface area contributed by atoms with E-state index >= 15 is 0 Å². The molecule has 0 amide bonds. The van der Waals surface area contributed by atoms with Crippen molar-refractivity contribution >= 4 is 5.69 Å². The second-order valence-corrected chi connectivity index (χ2v) is 4.50. The number of non-ortho nitro benzene ring substituents is 1. The summed E-state index contributed by atoms with van der Waals surface area (Å²) in [5, 5.41) is 10.8. The van der Waals surface area contributed by atoms with Gasteiger partial charge in [0.2, 0.25) is 0 Å². The highest BCUT2D eigenvalue weighted by Crippen LogP contribution is 2.41. The van der Waals surface area contributed by atoms with Gasteiger partial charge in [0.05, 0.1) is 12.0 Å². The summed E-state index contributed by atoms with van der Waals surface area (Å²) in [6.45, 7) is 0. The van der Waals surface area contributed by atoms with Crippen molar-refractivity contribution < 1.29 is 9.66 Å². The molecular weight excluding hydrogens is 220 g/mol. The Bertz CT molecular complexity index is 439. The lowest BCUT2D eigenvalue weighted by atomic mass is 9.88. The Balaban J connectivity index is 2.49. The predicted molar refractivity (Wildman–Crippen MR) is 64.0 cm³/mol. The maximum absolute atomic E-state index is 10.8. The van der Waals surface area contributed by atoms with E-state index in [2.05, 4.69) is 0 Å². The number of nitrogens with two attached hydrogens (primary N) is 1. The van der Waals surface area contributed by atoms with Crippen LogP contribution in [0.1, 0.15) is 31.2 Å². The first-order valence-electron chi connectivity index (χ1n) is 5.68. The SMILES string of the molecule is COc1ccc([N+](=O)[O-])cc1C1(N)CCCC1. The zero-order valence-electron chi connectivity index (χ0n) is 9.81. The highest BCUT2D eigenvalue weighted by molar-refractivity contribution is 5.47.